The fourth-order valence-electron chi connectivity index (χ4n) is 0.657. The van der Waals surface area contributed by atoms with E-state index in [-0.39, 0.29) is 0 Å². The number of carbonyl (C=O) groups is 5. The molecule has 29 heavy (non-hydrogen) atoms. The quantitative estimate of drug-likeness (QED) is 0.197. The van der Waals surface area contributed by atoms with E-state index < -0.39 is 60.9 Å². The number of carboxylic acid groups (broad SMARTS) is 4. The molecule has 0 fully saturated rings. The van der Waals surface area contributed by atoms with Gasteiger partial charge in [0, 0.05) is 27.7 Å². The fourth-order valence-corrected chi connectivity index (χ4v) is 0.657. The standard InChI is InChI=1S/C6H11FO6.4C2H4O2/c7-6(13)5(12)4(11)3(10)2(9)1-8;4*1-2(3)4/h2-5,8-12H,1H2;4*1H3,(H,3,4)/t2-,3-,4+,5-;;;;/m1..../s1. The van der Waals surface area contributed by atoms with Gasteiger partial charge in [-0.15, -0.1) is 0 Å². The number of carbonyl (C=O) groups excluding carboxylic acids is 1. The van der Waals surface area contributed by atoms with Gasteiger partial charge in [-0.05, 0) is 0 Å². The van der Waals surface area contributed by atoms with Crippen LogP contribution in [0.1, 0.15) is 27.7 Å². The lowest BCUT2D eigenvalue weighted by Crippen LogP contribution is -2.47. The van der Waals surface area contributed by atoms with Gasteiger partial charge < -0.3 is 46.0 Å². The number of rotatable bonds is 5. The molecule has 0 aliphatic rings. The van der Waals surface area contributed by atoms with Gasteiger partial charge in [-0.3, -0.25) is 24.0 Å². The molecule has 0 heterocycles. The Balaban J connectivity index is -0.0000000984. The summed E-state index contributed by atoms with van der Waals surface area (Å²) >= 11 is 0. The van der Waals surface area contributed by atoms with E-state index in [1.165, 1.54) is 0 Å². The summed E-state index contributed by atoms with van der Waals surface area (Å²) in [6.07, 6.45) is -8.32. The van der Waals surface area contributed by atoms with Crippen molar-refractivity contribution in [2.24, 2.45) is 0 Å². The zero-order chi connectivity index (χ0) is 24.9. The van der Waals surface area contributed by atoms with Crippen LogP contribution in [0, 0.1) is 0 Å². The van der Waals surface area contributed by atoms with Crippen LogP contribution in [0.2, 0.25) is 0 Å². The average molecular weight is 438 g/mol. The summed E-state index contributed by atoms with van der Waals surface area (Å²) in [5, 5.41) is 73.0. The van der Waals surface area contributed by atoms with Crippen LogP contribution in [-0.4, -0.2) is 107 Å². The minimum Gasteiger partial charge on any atom is -0.481 e. The Morgan fingerprint density at radius 1 is 0.655 bits per heavy atom. The van der Waals surface area contributed by atoms with Crippen LogP contribution in [0.5, 0.6) is 0 Å². The number of hydrogen-bond acceptors (Lipinski definition) is 10. The second kappa shape index (κ2) is 23.3. The molecule has 14 nitrogen and oxygen atoms in total. The molecule has 0 bridgehead atoms. The van der Waals surface area contributed by atoms with Gasteiger partial charge >= 0.3 is 6.04 Å². The molecular formula is C14H27FO14. The highest BCUT2D eigenvalue weighted by Crippen LogP contribution is 2.06. The van der Waals surface area contributed by atoms with E-state index in [0.717, 1.165) is 27.7 Å². The van der Waals surface area contributed by atoms with Crippen molar-refractivity contribution in [3.63, 3.8) is 0 Å². The zero-order valence-electron chi connectivity index (χ0n) is 16.0. The fraction of sp³-hybridized carbons (Fsp3) is 0.643. The lowest BCUT2D eigenvalue weighted by molar-refractivity contribution is -0.156. The van der Waals surface area contributed by atoms with Gasteiger partial charge in [0.05, 0.1) is 6.61 Å². The topological polar surface area (TPSA) is 267 Å². The Bertz CT molecular complexity index is 417. The first-order valence-corrected chi connectivity index (χ1v) is 7.15. The number of hydrogen-bond donors (Lipinski definition) is 9. The molecule has 0 aliphatic heterocycles. The Kier molecular flexibility index (Phi) is 29.8. The molecule has 0 aromatic carbocycles. The molecule has 0 rings (SSSR count). The minimum atomic E-state index is -2.42. The van der Waals surface area contributed by atoms with Gasteiger partial charge in [-0.2, -0.15) is 4.39 Å². The van der Waals surface area contributed by atoms with Gasteiger partial charge in [-0.25, -0.2) is 0 Å². The number of aliphatic hydroxyl groups excluding tert-OH is 5. The first kappa shape index (κ1) is 37.1. The maximum atomic E-state index is 11.8. The number of aliphatic hydroxyl groups is 5. The summed E-state index contributed by atoms with van der Waals surface area (Å²) in [6.45, 7) is 3.45. The molecule has 9 N–H and O–H groups in total. The lowest BCUT2D eigenvalue weighted by atomic mass is 10.0. The predicted molar refractivity (Wildman–Crippen MR) is 90.5 cm³/mol. The number of carboxylic acids is 4. The van der Waals surface area contributed by atoms with Crippen LogP contribution in [0.25, 0.3) is 0 Å². The number of aliphatic carboxylic acids is 4. The van der Waals surface area contributed by atoms with Gasteiger partial charge in [0.1, 0.15) is 18.3 Å². The summed E-state index contributed by atoms with van der Waals surface area (Å²) in [7, 11) is 0. The lowest BCUT2D eigenvalue weighted by Gasteiger charge is -2.22. The first-order chi connectivity index (χ1) is 12.8. The third-order valence-electron chi connectivity index (χ3n) is 1.49. The molecule has 15 heteroatoms. The smallest absolute Gasteiger partial charge is 0.332 e. The van der Waals surface area contributed by atoms with Crippen LogP contribution in [0.15, 0.2) is 0 Å². The Morgan fingerprint density at radius 3 is 1.00 bits per heavy atom. The molecule has 4 atom stereocenters. The van der Waals surface area contributed by atoms with Crippen LogP contribution < -0.4 is 0 Å². The monoisotopic (exact) mass is 438 g/mol. The van der Waals surface area contributed by atoms with Gasteiger partial charge in [0.2, 0.25) is 0 Å². The highest BCUT2D eigenvalue weighted by molar-refractivity contribution is 5.73. The van der Waals surface area contributed by atoms with E-state index in [1.54, 1.807) is 0 Å². The average Bonchev–Trinajstić information content (AvgIpc) is 2.49. The molecule has 0 radical (unpaired) electrons. The third-order valence-corrected chi connectivity index (χ3v) is 1.49. The van der Waals surface area contributed by atoms with Crippen molar-refractivity contribution in [2.75, 3.05) is 6.61 Å². The van der Waals surface area contributed by atoms with E-state index >= 15 is 0 Å². The van der Waals surface area contributed by atoms with E-state index in [9.17, 15) is 9.18 Å². The van der Waals surface area contributed by atoms with E-state index in [4.69, 9.17) is 65.1 Å². The van der Waals surface area contributed by atoms with Crippen molar-refractivity contribution in [3.05, 3.63) is 0 Å². The van der Waals surface area contributed by atoms with Crippen molar-refractivity contribution in [3.8, 4) is 0 Å². The van der Waals surface area contributed by atoms with Crippen molar-refractivity contribution < 1.29 is 74.3 Å². The van der Waals surface area contributed by atoms with Crippen molar-refractivity contribution in [2.45, 2.75) is 52.1 Å². The predicted octanol–water partition coefficient (Wildman–Crippen LogP) is -2.72. The molecule has 0 unspecified atom stereocenters. The van der Waals surface area contributed by atoms with E-state index in [0.29, 0.717) is 0 Å². The summed E-state index contributed by atoms with van der Waals surface area (Å²) in [6, 6.07) is -2.23. The van der Waals surface area contributed by atoms with Crippen molar-refractivity contribution in [1.82, 2.24) is 0 Å². The van der Waals surface area contributed by atoms with Crippen LogP contribution in [0.3, 0.4) is 0 Å². The largest absolute Gasteiger partial charge is 0.481 e. The summed E-state index contributed by atoms with van der Waals surface area (Å²) in [5.41, 5.74) is 0. The Morgan fingerprint density at radius 2 is 0.862 bits per heavy atom. The minimum absolute atomic E-state index is 0.833. The number of halogens is 1. The molecule has 174 valence electrons. The van der Waals surface area contributed by atoms with Crippen molar-refractivity contribution >= 4 is 29.9 Å². The normalized spacial score (nSPS) is 12.6. The Labute approximate surface area is 164 Å². The Hall–Kier alpha value is -2.72. The SMILES string of the molecule is CC(=O)O.CC(=O)O.CC(=O)O.CC(=O)O.O=C(F)[C@H](O)[C@@H](O)[C@H](O)[C@H](O)CO. The molecular weight excluding hydrogens is 411 g/mol. The summed E-state index contributed by atoms with van der Waals surface area (Å²) in [4.78, 5) is 45.9. The molecule has 0 aromatic rings. The summed E-state index contributed by atoms with van der Waals surface area (Å²) in [5.74, 6) is -3.33. The van der Waals surface area contributed by atoms with Crippen LogP contribution in [0.4, 0.5) is 4.39 Å². The maximum Gasteiger partial charge on any atom is 0.332 e. The second-order valence-corrected chi connectivity index (χ2v) is 4.56. The molecule has 0 amide bonds. The highest BCUT2D eigenvalue weighted by atomic mass is 19.1. The molecule has 0 saturated carbocycles. The molecule has 0 aliphatic carbocycles. The van der Waals surface area contributed by atoms with Crippen LogP contribution >= 0.6 is 0 Å². The molecule has 0 spiro atoms. The van der Waals surface area contributed by atoms with Crippen molar-refractivity contribution in [1.29, 1.82) is 0 Å². The van der Waals surface area contributed by atoms with Crippen LogP contribution in [-0.2, 0) is 24.0 Å². The summed E-state index contributed by atoms with van der Waals surface area (Å²) < 4.78 is 11.8. The molecule has 0 aromatic heterocycles. The third kappa shape index (κ3) is 58.7. The zero-order valence-corrected chi connectivity index (χ0v) is 16.0. The van der Waals surface area contributed by atoms with Gasteiger partial charge in [0.15, 0.2) is 6.10 Å². The van der Waals surface area contributed by atoms with Gasteiger partial charge in [-0.1, -0.05) is 0 Å². The van der Waals surface area contributed by atoms with E-state index in [2.05, 4.69) is 0 Å². The first-order valence-electron chi connectivity index (χ1n) is 7.15. The molecule has 0 saturated heterocycles. The van der Waals surface area contributed by atoms with Gasteiger partial charge in [0.25, 0.3) is 23.9 Å². The highest BCUT2D eigenvalue weighted by Gasteiger charge is 2.34. The maximum absolute atomic E-state index is 11.8. The second-order valence-electron chi connectivity index (χ2n) is 4.56. The van der Waals surface area contributed by atoms with E-state index in [1.807, 2.05) is 0 Å².